The van der Waals surface area contributed by atoms with E-state index in [-0.39, 0.29) is 5.56 Å². The van der Waals surface area contributed by atoms with E-state index in [0.29, 0.717) is 52.2 Å². The summed E-state index contributed by atoms with van der Waals surface area (Å²) >= 11 is 0. The molecule has 0 radical (unpaired) electrons. The van der Waals surface area contributed by atoms with E-state index in [1.165, 1.54) is 6.07 Å². The third kappa shape index (κ3) is 4.43. The summed E-state index contributed by atoms with van der Waals surface area (Å²) in [6, 6.07) is 19.9. The van der Waals surface area contributed by atoms with Crippen LogP contribution in [0.15, 0.2) is 85.2 Å². The summed E-state index contributed by atoms with van der Waals surface area (Å²) in [5.74, 6) is 1.06. The lowest BCUT2D eigenvalue weighted by Gasteiger charge is -2.11. The van der Waals surface area contributed by atoms with E-state index in [4.69, 9.17) is 18.3 Å². The highest BCUT2D eigenvalue weighted by atomic mass is 16.5. The minimum absolute atomic E-state index is 0.271. The van der Waals surface area contributed by atoms with Gasteiger partial charge in [-0.2, -0.15) is 0 Å². The predicted octanol–water partition coefficient (Wildman–Crippen LogP) is 6.16. The molecule has 0 aliphatic carbocycles. The van der Waals surface area contributed by atoms with Crippen LogP contribution in [0.3, 0.4) is 0 Å². The van der Waals surface area contributed by atoms with E-state index < -0.39 is 11.3 Å². The first kappa shape index (κ1) is 22.5. The van der Waals surface area contributed by atoms with Gasteiger partial charge in [0.05, 0.1) is 12.2 Å². The normalized spacial score (nSPS) is 11.2. The molecule has 0 atom stereocenters. The van der Waals surface area contributed by atoms with Crippen LogP contribution in [0.4, 0.5) is 0 Å². The topological polar surface area (TPSA) is 78.9 Å². The van der Waals surface area contributed by atoms with Crippen molar-refractivity contribution in [1.29, 1.82) is 0 Å². The van der Waals surface area contributed by atoms with Gasteiger partial charge in [-0.3, -0.25) is 0 Å². The van der Waals surface area contributed by atoms with Crippen molar-refractivity contribution in [3.05, 3.63) is 104 Å². The number of para-hydroxylation sites is 1. The first-order chi connectivity index (χ1) is 16.9. The Morgan fingerprint density at radius 3 is 2.51 bits per heavy atom. The second-order valence-corrected chi connectivity index (χ2v) is 8.41. The second kappa shape index (κ2) is 9.14. The van der Waals surface area contributed by atoms with Crippen molar-refractivity contribution in [1.82, 2.24) is 0 Å². The maximum absolute atomic E-state index is 13.0. The van der Waals surface area contributed by atoms with E-state index in [1.54, 1.807) is 30.3 Å². The summed E-state index contributed by atoms with van der Waals surface area (Å²) in [6.07, 6.45) is 0. The smallest absolute Gasteiger partial charge is 0.344 e. The minimum atomic E-state index is -0.568. The Labute approximate surface area is 201 Å². The van der Waals surface area contributed by atoms with Gasteiger partial charge in [-0.15, -0.1) is 0 Å². The molecule has 0 N–H and O–H groups in total. The zero-order chi connectivity index (χ0) is 24.5. The second-order valence-electron chi connectivity index (χ2n) is 8.41. The number of aryl methyl sites for hydroxylation is 2. The van der Waals surface area contributed by atoms with Gasteiger partial charge in [0, 0.05) is 28.5 Å². The Balaban J connectivity index is 1.56. The number of fused-ring (bicyclic) bond motifs is 2. The number of hydrogen-bond acceptors (Lipinski definition) is 6. The molecule has 3 aromatic carbocycles. The highest BCUT2D eigenvalue weighted by Gasteiger charge is 2.16. The summed E-state index contributed by atoms with van der Waals surface area (Å²) in [5, 5.41) is 1.30. The molecule has 0 aliphatic rings. The lowest BCUT2D eigenvalue weighted by atomic mass is 10.0. The molecule has 6 heteroatoms. The number of hydrogen-bond donors (Lipinski definition) is 0. The molecule has 5 rings (SSSR count). The Hall–Kier alpha value is -4.32. The average Bonchev–Trinajstić information content (AvgIpc) is 2.84. The lowest BCUT2D eigenvalue weighted by molar-refractivity contribution is 0.305. The molecule has 0 amide bonds. The van der Waals surface area contributed by atoms with Gasteiger partial charge in [0.2, 0.25) is 0 Å². The van der Waals surface area contributed by atoms with Crippen LogP contribution >= 0.6 is 0 Å². The van der Waals surface area contributed by atoms with Gasteiger partial charge in [-0.1, -0.05) is 35.9 Å². The van der Waals surface area contributed by atoms with Gasteiger partial charge < -0.3 is 18.3 Å². The minimum Gasteiger partial charge on any atom is -0.490 e. The van der Waals surface area contributed by atoms with Crippen molar-refractivity contribution in [2.24, 2.45) is 0 Å². The van der Waals surface area contributed by atoms with E-state index in [2.05, 4.69) is 18.2 Å². The van der Waals surface area contributed by atoms with Crippen LogP contribution in [0.1, 0.15) is 23.6 Å². The van der Waals surface area contributed by atoms with Gasteiger partial charge in [0.25, 0.3) is 0 Å². The molecule has 0 unspecified atom stereocenters. The van der Waals surface area contributed by atoms with Gasteiger partial charge in [0.1, 0.15) is 17.9 Å². The summed E-state index contributed by atoms with van der Waals surface area (Å²) in [4.78, 5) is 25.4. The Morgan fingerprint density at radius 1 is 0.829 bits per heavy atom. The molecule has 35 heavy (non-hydrogen) atoms. The average molecular weight is 469 g/mol. The van der Waals surface area contributed by atoms with E-state index >= 15 is 0 Å². The molecular formula is C29H24O6. The molecule has 2 heterocycles. The van der Waals surface area contributed by atoms with Gasteiger partial charge in [-0.25, -0.2) is 9.59 Å². The standard InChI is InChI=1S/C29H24O6/c1-4-32-25-7-5-6-19-13-24(29(31)35-28(19)25)23-15-27(30)34-26-14-21(10-11-22(23)26)33-16-20-12-17(2)8-9-18(20)3/h5-15H,4,16H2,1-3H3. The molecule has 0 bridgehead atoms. The van der Waals surface area contributed by atoms with Crippen molar-refractivity contribution in [2.45, 2.75) is 27.4 Å². The highest BCUT2D eigenvalue weighted by molar-refractivity contribution is 5.96. The molecular weight excluding hydrogens is 444 g/mol. The molecule has 5 aromatic rings. The predicted molar refractivity (Wildman–Crippen MR) is 135 cm³/mol. The summed E-state index contributed by atoms with van der Waals surface area (Å²) < 4.78 is 22.6. The number of benzene rings is 3. The van der Waals surface area contributed by atoms with Crippen LogP contribution < -0.4 is 20.7 Å². The molecule has 0 saturated carbocycles. The Morgan fingerprint density at radius 2 is 1.69 bits per heavy atom. The molecule has 6 nitrogen and oxygen atoms in total. The monoisotopic (exact) mass is 468 g/mol. The Kier molecular flexibility index (Phi) is 5.87. The van der Waals surface area contributed by atoms with Gasteiger partial charge >= 0.3 is 11.3 Å². The molecule has 2 aromatic heterocycles. The summed E-state index contributed by atoms with van der Waals surface area (Å²) in [7, 11) is 0. The first-order valence-electron chi connectivity index (χ1n) is 11.4. The summed E-state index contributed by atoms with van der Waals surface area (Å²) in [5.41, 5.74) is 3.66. The van der Waals surface area contributed by atoms with Crippen LogP contribution in [-0.2, 0) is 6.61 Å². The fourth-order valence-corrected chi connectivity index (χ4v) is 4.15. The number of rotatable bonds is 6. The molecule has 0 aliphatic heterocycles. The maximum Gasteiger partial charge on any atom is 0.344 e. The Bertz CT molecular complexity index is 1680. The van der Waals surface area contributed by atoms with Crippen molar-refractivity contribution in [3.8, 4) is 22.6 Å². The zero-order valence-corrected chi connectivity index (χ0v) is 19.7. The fraction of sp³-hybridized carbons (Fsp3) is 0.172. The zero-order valence-electron chi connectivity index (χ0n) is 19.7. The maximum atomic E-state index is 13.0. The number of ether oxygens (including phenoxy) is 2. The SMILES string of the molecule is CCOc1cccc2cc(-c3cc(=O)oc4cc(OCc5cc(C)ccc5C)ccc34)c(=O)oc12. The summed E-state index contributed by atoms with van der Waals surface area (Å²) in [6.45, 7) is 6.77. The highest BCUT2D eigenvalue weighted by Crippen LogP contribution is 2.32. The van der Waals surface area contributed by atoms with E-state index in [1.807, 2.05) is 32.9 Å². The van der Waals surface area contributed by atoms with E-state index in [0.717, 1.165) is 16.7 Å². The van der Waals surface area contributed by atoms with Crippen molar-refractivity contribution < 1.29 is 18.3 Å². The van der Waals surface area contributed by atoms with Crippen LogP contribution in [0.2, 0.25) is 0 Å². The third-order valence-electron chi connectivity index (χ3n) is 5.93. The van der Waals surface area contributed by atoms with Gasteiger partial charge in [0.15, 0.2) is 11.3 Å². The van der Waals surface area contributed by atoms with Crippen LogP contribution in [0.25, 0.3) is 33.1 Å². The van der Waals surface area contributed by atoms with Crippen LogP contribution in [-0.4, -0.2) is 6.61 Å². The van der Waals surface area contributed by atoms with Crippen LogP contribution in [0.5, 0.6) is 11.5 Å². The first-order valence-corrected chi connectivity index (χ1v) is 11.4. The van der Waals surface area contributed by atoms with Gasteiger partial charge in [-0.05, 0) is 56.2 Å². The molecule has 176 valence electrons. The molecule has 0 saturated heterocycles. The van der Waals surface area contributed by atoms with Crippen molar-refractivity contribution >= 4 is 21.9 Å². The fourth-order valence-electron chi connectivity index (χ4n) is 4.15. The quantitative estimate of drug-likeness (QED) is 0.278. The van der Waals surface area contributed by atoms with Crippen molar-refractivity contribution in [2.75, 3.05) is 6.61 Å². The third-order valence-corrected chi connectivity index (χ3v) is 5.93. The molecule has 0 spiro atoms. The largest absolute Gasteiger partial charge is 0.490 e. The molecule has 0 fully saturated rings. The van der Waals surface area contributed by atoms with E-state index in [9.17, 15) is 9.59 Å². The lowest BCUT2D eigenvalue weighted by Crippen LogP contribution is -2.07. The van der Waals surface area contributed by atoms with Crippen molar-refractivity contribution in [3.63, 3.8) is 0 Å². The van der Waals surface area contributed by atoms with Crippen LogP contribution in [0, 0.1) is 13.8 Å².